The maximum Gasteiger partial charge on any atom is 0.0950 e. The number of benzene rings is 1. The normalized spacial score (nSPS) is 19.3. The molecule has 2 heteroatoms. The topological polar surface area (TPSA) is 25.2 Å². The zero-order chi connectivity index (χ0) is 13.1. The van der Waals surface area contributed by atoms with Crippen LogP contribution in [-0.4, -0.2) is 6.54 Å². The fourth-order valence-corrected chi connectivity index (χ4v) is 3.18. The predicted molar refractivity (Wildman–Crippen MR) is 77.2 cm³/mol. The van der Waals surface area contributed by atoms with Crippen molar-refractivity contribution in [1.82, 2.24) is 5.32 Å². The summed E-state index contributed by atoms with van der Waals surface area (Å²) in [5.41, 5.74) is 4.30. The molecule has 0 amide bonds. The largest absolute Gasteiger partial charge is 0.472 e. The summed E-state index contributed by atoms with van der Waals surface area (Å²) in [6, 6.07) is 11.3. The van der Waals surface area contributed by atoms with E-state index in [1.807, 2.05) is 6.26 Å². The molecule has 2 atom stereocenters. The predicted octanol–water partition coefficient (Wildman–Crippen LogP) is 4.05. The molecule has 3 rings (SSSR count). The van der Waals surface area contributed by atoms with Crippen LogP contribution in [0.15, 0.2) is 47.3 Å². The van der Waals surface area contributed by atoms with Gasteiger partial charge in [-0.25, -0.2) is 0 Å². The Morgan fingerprint density at radius 3 is 3.00 bits per heavy atom. The lowest BCUT2D eigenvalue weighted by molar-refractivity contribution is 0.437. The number of aryl methyl sites for hydroxylation is 1. The van der Waals surface area contributed by atoms with Gasteiger partial charge in [0.05, 0.1) is 12.5 Å². The first kappa shape index (κ1) is 12.5. The zero-order valence-electron chi connectivity index (χ0n) is 11.4. The lowest BCUT2D eigenvalue weighted by atomic mass is 9.89. The van der Waals surface area contributed by atoms with Gasteiger partial charge in [0.2, 0.25) is 0 Å². The fourth-order valence-electron chi connectivity index (χ4n) is 3.18. The molecule has 0 aliphatic heterocycles. The monoisotopic (exact) mass is 255 g/mol. The van der Waals surface area contributed by atoms with Gasteiger partial charge >= 0.3 is 0 Å². The molecule has 1 aromatic carbocycles. The number of hydrogen-bond acceptors (Lipinski definition) is 2. The summed E-state index contributed by atoms with van der Waals surface area (Å²) in [6.45, 7) is 3.26. The van der Waals surface area contributed by atoms with E-state index in [1.165, 1.54) is 29.5 Å². The minimum Gasteiger partial charge on any atom is -0.472 e. The lowest BCUT2D eigenvalue weighted by Gasteiger charge is -2.24. The number of rotatable bonds is 5. The quantitative estimate of drug-likeness (QED) is 0.872. The van der Waals surface area contributed by atoms with Crippen molar-refractivity contribution < 1.29 is 4.42 Å². The molecule has 1 aromatic heterocycles. The van der Waals surface area contributed by atoms with Gasteiger partial charge in [-0.2, -0.15) is 0 Å². The van der Waals surface area contributed by atoms with Gasteiger partial charge in [0.15, 0.2) is 0 Å². The highest BCUT2D eigenvalue weighted by molar-refractivity contribution is 5.37. The van der Waals surface area contributed by atoms with Crippen molar-refractivity contribution in [3.05, 3.63) is 59.5 Å². The van der Waals surface area contributed by atoms with Crippen LogP contribution in [-0.2, 0) is 6.42 Å². The molecule has 2 nitrogen and oxygen atoms in total. The molecule has 0 saturated heterocycles. The first-order valence-corrected chi connectivity index (χ1v) is 7.23. The number of fused-ring (bicyclic) bond motifs is 1. The minimum absolute atomic E-state index is 0.377. The van der Waals surface area contributed by atoms with E-state index < -0.39 is 0 Å². The molecule has 2 aromatic rings. The van der Waals surface area contributed by atoms with E-state index in [9.17, 15) is 0 Å². The van der Waals surface area contributed by atoms with Gasteiger partial charge in [-0.15, -0.1) is 0 Å². The van der Waals surface area contributed by atoms with Gasteiger partial charge in [0.1, 0.15) is 0 Å². The molecule has 1 N–H and O–H groups in total. The van der Waals surface area contributed by atoms with E-state index in [-0.39, 0.29) is 0 Å². The molecule has 2 unspecified atom stereocenters. The van der Waals surface area contributed by atoms with Crippen LogP contribution in [0.4, 0.5) is 0 Å². The first-order chi connectivity index (χ1) is 9.40. The van der Waals surface area contributed by atoms with Gasteiger partial charge in [0, 0.05) is 17.5 Å². The molecule has 0 bridgehead atoms. The standard InChI is InChI=1S/C17H21NO/c1-2-10-18-17(14-9-11-19-12-14)16-8-7-13-5-3-4-6-15(13)16/h3-6,9,11-12,16-18H,2,7-8,10H2,1H3. The summed E-state index contributed by atoms with van der Waals surface area (Å²) in [4.78, 5) is 0. The third kappa shape index (κ3) is 2.45. The Morgan fingerprint density at radius 2 is 2.21 bits per heavy atom. The Balaban J connectivity index is 1.89. The van der Waals surface area contributed by atoms with Gasteiger partial charge in [-0.05, 0) is 43.0 Å². The van der Waals surface area contributed by atoms with Crippen LogP contribution in [0.25, 0.3) is 0 Å². The Bertz CT molecular complexity index is 518. The Labute approximate surface area is 114 Å². The van der Waals surface area contributed by atoms with Crippen LogP contribution >= 0.6 is 0 Å². The molecule has 19 heavy (non-hydrogen) atoms. The van der Waals surface area contributed by atoms with Gasteiger partial charge < -0.3 is 9.73 Å². The number of hydrogen-bond donors (Lipinski definition) is 1. The minimum atomic E-state index is 0.377. The molecule has 0 spiro atoms. The second kappa shape index (κ2) is 5.62. The number of nitrogens with one attached hydrogen (secondary N) is 1. The van der Waals surface area contributed by atoms with Crippen LogP contribution in [0.5, 0.6) is 0 Å². The summed E-state index contributed by atoms with van der Waals surface area (Å²) in [5, 5.41) is 3.69. The summed E-state index contributed by atoms with van der Waals surface area (Å²) in [6.07, 6.45) is 7.24. The van der Waals surface area contributed by atoms with Gasteiger partial charge in [-0.3, -0.25) is 0 Å². The van der Waals surface area contributed by atoms with Crippen molar-refractivity contribution in [2.24, 2.45) is 0 Å². The molecule has 1 aliphatic rings. The molecule has 1 aliphatic carbocycles. The van der Waals surface area contributed by atoms with E-state index in [4.69, 9.17) is 4.42 Å². The molecule has 0 radical (unpaired) electrons. The second-order valence-corrected chi connectivity index (χ2v) is 5.33. The van der Waals surface area contributed by atoms with Crippen molar-refractivity contribution in [1.29, 1.82) is 0 Å². The van der Waals surface area contributed by atoms with E-state index in [0.717, 1.165) is 13.0 Å². The molecule has 100 valence electrons. The average Bonchev–Trinajstić information content (AvgIpc) is 3.09. The third-order valence-corrected chi connectivity index (χ3v) is 4.10. The Morgan fingerprint density at radius 1 is 1.32 bits per heavy atom. The third-order valence-electron chi connectivity index (χ3n) is 4.10. The van der Waals surface area contributed by atoms with Crippen LogP contribution in [0.2, 0.25) is 0 Å². The van der Waals surface area contributed by atoms with E-state index in [0.29, 0.717) is 12.0 Å². The SMILES string of the molecule is CCCNC(c1ccoc1)C1CCc2ccccc21. The van der Waals surface area contributed by atoms with Crippen molar-refractivity contribution in [2.75, 3.05) is 6.54 Å². The van der Waals surface area contributed by atoms with E-state index in [2.05, 4.69) is 42.6 Å². The lowest BCUT2D eigenvalue weighted by Crippen LogP contribution is -2.26. The summed E-state index contributed by atoms with van der Waals surface area (Å²) in [5.74, 6) is 0.570. The smallest absolute Gasteiger partial charge is 0.0950 e. The number of furan rings is 1. The Hall–Kier alpha value is -1.54. The molecule has 0 fully saturated rings. The zero-order valence-corrected chi connectivity index (χ0v) is 11.4. The molecule has 1 heterocycles. The van der Waals surface area contributed by atoms with Crippen molar-refractivity contribution in [3.63, 3.8) is 0 Å². The summed E-state index contributed by atoms with van der Waals surface area (Å²) < 4.78 is 5.28. The van der Waals surface area contributed by atoms with Crippen molar-refractivity contribution >= 4 is 0 Å². The molecular formula is C17H21NO. The maximum atomic E-state index is 5.28. The fraction of sp³-hybridized carbons (Fsp3) is 0.412. The van der Waals surface area contributed by atoms with E-state index >= 15 is 0 Å². The summed E-state index contributed by atoms with van der Waals surface area (Å²) in [7, 11) is 0. The first-order valence-electron chi connectivity index (χ1n) is 7.23. The highest BCUT2D eigenvalue weighted by atomic mass is 16.3. The van der Waals surface area contributed by atoms with Crippen LogP contribution < -0.4 is 5.32 Å². The maximum absolute atomic E-state index is 5.28. The Kier molecular flexibility index (Phi) is 3.69. The van der Waals surface area contributed by atoms with Gasteiger partial charge in [-0.1, -0.05) is 31.2 Å². The highest BCUT2D eigenvalue weighted by Crippen LogP contribution is 2.41. The van der Waals surface area contributed by atoms with Gasteiger partial charge in [0.25, 0.3) is 0 Å². The van der Waals surface area contributed by atoms with Crippen molar-refractivity contribution in [3.8, 4) is 0 Å². The molecular weight excluding hydrogens is 234 g/mol. The highest BCUT2D eigenvalue weighted by Gasteiger charge is 2.30. The van der Waals surface area contributed by atoms with E-state index in [1.54, 1.807) is 6.26 Å². The second-order valence-electron chi connectivity index (χ2n) is 5.33. The van der Waals surface area contributed by atoms with Crippen LogP contribution in [0.3, 0.4) is 0 Å². The molecule has 0 saturated carbocycles. The summed E-state index contributed by atoms with van der Waals surface area (Å²) >= 11 is 0. The van der Waals surface area contributed by atoms with Crippen LogP contribution in [0.1, 0.15) is 48.4 Å². The average molecular weight is 255 g/mol. The van der Waals surface area contributed by atoms with Crippen LogP contribution in [0, 0.1) is 0 Å². The van der Waals surface area contributed by atoms with Crippen molar-refractivity contribution in [2.45, 2.75) is 38.1 Å².